The average Bonchev–Trinajstić information content (AvgIpc) is 2.64. The van der Waals surface area contributed by atoms with Gasteiger partial charge in [0, 0.05) is 18.9 Å². The van der Waals surface area contributed by atoms with Crippen LogP contribution in [0.15, 0.2) is 36.8 Å². The highest BCUT2D eigenvalue weighted by molar-refractivity contribution is 6.39. The predicted molar refractivity (Wildman–Crippen MR) is 99.1 cm³/mol. The van der Waals surface area contributed by atoms with Crippen molar-refractivity contribution >= 4 is 23.3 Å². The Morgan fingerprint density at radius 2 is 2.12 bits per heavy atom. The number of nitrogens with two attached hydrogens (primary N) is 1. The second-order valence-corrected chi connectivity index (χ2v) is 6.82. The summed E-state index contributed by atoms with van der Waals surface area (Å²) in [6, 6.07) is 5.35. The van der Waals surface area contributed by atoms with Gasteiger partial charge in [0.1, 0.15) is 5.82 Å². The van der Waals surface area contributed by atoms with E-state index in [4.69, 9.17) is 5.73 Å². The number of aryl methyl sites for hydroxylation is 1. The van der Waals surface area contributed by atoms with E-state index in [1.165, 1.54) is 6.20 Å². The van der Waals surface area contributed by atoms with Crippen molar-refractivity contribution in [3.8, 4) is 0 Å². The molecule has 1 saturated heterocycles. The van der Waals surface area contributed by atoms with E-state index in [0.717, 1.165) is 24.0 Å². The van der Waals surface area contributed by atoms with Gasteiger partial charge in [0.25, 0.3) is 0 Å². The summed E-state index contributed by atoms with van der Waals surface area (Å²) in [5, 5.41) is 2.63. The molecule has 0 radical (unpaired) electrons. The minimum Gasteiger partial charge on any atom is -0.383 e. The van der Waals surface area contributed by atoms with Gasteiger partial charge >= 0.3 is 11.8 Å². The number of pyridine rings is 2. The Morgan fingerprint density at radius 3 is 2.81 bits per heavy atom. The molecular weight excluding hydrogens is 330 g/mol. The molecule has 0 spiro atoms. The molecule has 3 heterocycles. The van der Waals surface area contributed by atoms with Crippen LogP contribution < -0.4 is 11.1 Å². The topological polar surface area (TPSA) is 101 Å². The van der Waals surface area contributed by atoms with Gasteiger partial charge in [-0.3, -0.25) is 14.6 Å². The Balaban J connectivity index is 1.78. The molecule has 0 bridgehead atoms. The Kier molecular flexibility index (Phi) is 5.16. The van der Waals surface area contributed by atoms with E-state index in [1.807, 2.05) is 12.1 Å². The lowest BCUT2D eigenvalue weighted by atomic mass is 9.90. The number of nitrogens with zero attached hydrogens (tertiary/aromatic N) is 3. The number of likely N-dealkylation sites (tertiary alicyclic amines) is 1. The van der Waals surface area contributed by atoms with E-state index in [9.17, 15) is 9.59 Å². The first kappa shape index (κ1) is 17.8. The highest BCUT2D eigenvalue weighted by Crippen LogP contribution is 2.33. The molecule has 0 aliphatic carbocycles. The molecule has 26 heavy (non-hydrogen) atoms. The molecule has 3 N–H and O–H groups in total. The Labute approximate surface area is 152 Å². The van der Waals surface area contributed by atoms with Crippen LogP contribution in [0.25, 0.3) is 0 Å². The molecule has 2 aromatic heterocycles. The standard InChI is InChI=1S/C19H23N5O2/c1-12-5-6-16(14-4-3-7-21-9-14)24(11-12)19(26)18(25)23-15-8-13(2)17(20)22-10-15/h3-4,7-10,12,16H,5-6,11H2,1-2H3,(H2,20,22)(H,23,25)/t12-,16?/m0/s1. The first-order valence-corrected chi connectivity index (χ1v) is 8.69. The van der Waals surface area contributed by atoms with Crippen molar-refractivity contribution < 1.29 is 9.59 Å². The maximum Gasteiger partial charge on any atom is 0.313 e. The lowest BCUT2D eigenvalue weighted by Gasteiger charge is -2.38. The number of carbonyl (C=O) groups is 2. The van der Waals surface area contributed by atoms with Gasteiger partial charge in [0.05, 0.1) is 17.9 Å². The first-order valence-electron chi connectivity index (χ1n) is 8.69. The van der Waals surface area contributed by atoms with Crippen LogP contribution in [0.2, 0.25) is 0 Å². The van der Waals surface area contributed by atoms with Gasteiger partial charge in [-0.05, 0) is 48.9 Å². The Bertz CT molecular complexity index is 809. The number of nitrogen functional groups attached to an aromatic ring is 1. The summed E-state index contributed by atoms with van der Waals surface area (Å²) >= 11 is 0. The van der Waals surface area contributed by atoms with E-state index < -0.39 is 11.8 Å². The van der Waals surface area contributed by atoms with Crippen LogP contribution in [0.3, 0.4) is 0 Å². The number of piperidine rings is 1. The maximum atomic E-state index is 12.8. The van der Waals surface area contributed by atoms with Crippen LogP contribution in [0.5, 0.6) is 0 Å². The molecule has 1 fully saturated rings. The summed E-state index contributed by atoms with van der Waals surface area (Å²) in [7, 11) is 0. The monoisotopic (exact) mass is 353 g/mol. The number of anilines is 2. The van der Waals surface area contributed by atoms with Crippen molar-refractivity contribution in [3.05, 3.63) is 47.9 Å². The molecule has 2 aromatic rings. The number of amides is 2. The summed E-state index contributed by atoms with van der Waals surface area (Å²) in [6.07, 6.45) is 6.72. The molecular formula is C19H23N5O2. The largest absolute Gasteiger partial charge is 0.383 e. The highest BCUT2D eigenvalue weighted by atomic mass is 16.2. The summed E-state index contributed by atoms with van der Waals surface area (Å²) in [5.41, 5.74) is 7.84. The fourth-order valence-electron chi connectivity index (χ4n) is 3.27. The fraction of sp³-hybridized carbons (Fsp3) is 0.368. The molecule has 7 nitrogen and oxygen atoms in total. The Hall–Kier alpha value is -2.96. The van der Waals surface area contributed by atoms with Crippen LogP contribution in [-0.2, 0) is 9.59 Å². The summed E-state index contributed by atoms with van der Waals surface area (Å²) in [5.74, 6) is -0.463. The molecule has 1 aliphatic rings. The van der Waals surface area contributed by atoms with Crippen molar-refractivity contribution in [1.29, 1.82) is 0 Å². The van der Waals surface area contributed by atoms with Gasteiger partial charge in [-0.25, -0.2) is 4.98 Å². The molecule has 0 aromatic carbocycles. The van der Waals surface area contributed by atoms with E-state index in [0.29, 0.717) is 24.0 Å². The van der Waals surface area contributed by atoms with Gasteiger partial charge in [0.15, 0.2) is 0 Å². The minimum atomic E-state index is -0.668. The number of rotatable bonds is 2. The van der Waals surface area contributed by atoms with E-state index >= 15 is 0 Å². The van der Waals surface area contributed by atoms with Gasteiger partial charge < -0.3 is 16.0 Å². The van der Waals surface area contributed by atoms with Crippen molar-refractivity contribution in [3.63, 3.8) is 0 Å². The number of hydrogen-bond acceptors (Lipinski definition) is 5. The highest BCUT2D eigenvalue weighted by Gasteiger charge is 2.34. The summed E-state index contributed by atoms with van der Waals surface area (Å²) in [4.78, 5) is 35.2. The average molecular weight is 353 g/mol. The maximum absolute atomic E-state index is 12.8. The van der Waals surface area contributed by atoms with Crippen molar-refractivity contribution in [2.24, 2.45) is 5.92 Å². The second-order valence-electron chi connectivity index (χ2n) is 6.82. The van der Waals surface area contributed by atoms with Crippen LogP contribution >= 0.6 is 0 Å². The molecule has 7 heteroatoms. The van der Waals surface area contributed by atoms with Gasteiger partial charge in [-0.2, -0.15) is 0 Å². The van der Waals surface area contributed by atoms with Crippen LogP contribution in [-0.4, -0.2) is 33.2 Å². The van der Waals surface area contributed by atoms with Crippen molar-refractivity contribution in [2.45, 2.75) is 32.7 Å². The fourth-order valence-corrected chi connectivity index (χ4v) is 3.27. The quantitative estimate of drug-likeness (QED) is 0.807. The molecule has 1 unspecified atom stereocenters. The normalized spacial score (nSPS) is 19.8. The lowest BCUT2D eigenvalue weighted by molar-refractivity contribution is -0.146. The minimum absolute atomic E-state index is 0.135. The predicted octanol–water partition coefficient (Wildman–Crippen LogP) is 2.31. The third kappa shape index (κ3) is 3.82. The second kappa shape index (κ2) is 7.51. The third-order valence-corrected chi connectivity index (χ3v) is 4.72. The lowest BCUT2D eigenvalue weighted by Crippen LogP contribution is -2.46. The molecule has 3 rings (SSSR count). The molecule has 136 valence electrons. The number of carbonyl (C=O) groups excluding carboxylic acids is 2. The summed E-state index contributed by atoms with van der Waals surface area (Å²) in [6.45, 7) is 4.43. The molecule has 1 aliphatic heterocycles. The van der Waals surface area contributed by atoms with Crippen molar-refractivity contribution in [2.75, 3.05) is 17.6 Å². The Morgan fingerprint density at radius 1 is 1.31 bits per heavy atom. The third-order valence-electron chi connectivity index (χ3n) is 4.72. The van der Waals surface area contributed by atoms with Gasteiger partial charge in [-0.1, -0.05) is 13.0 Å². The number of hydrogen-bond donors (Lipinski definition) is 2. The molecule has 0 saturated carbocycles. The van der Waals surface area contributed by atoms with E-state index in [-0.39, 0.29) is 6.04 Å². The molecule has 2 amide bonds. The zero-order valence-electron chi connectivity index (χ0n) is 15.0. The number of aromatic nitrogens is 2. The van der Waals surface area contributed by atoms with Crippen LogP contribution in [0.1, 0.15) is 36.9 Å². The van der Waals surface area contributed by atoms with Gasteiger partial charge in [0.2, 0.25) is 0 Å². The van der Waals surface area contributed by atoms with Gasteiger partial charge in [-0.15, -0.1) is 0 Å². The zero-order valence-corrected chi connectivity index (χ0v) is 15.0. The van der Waals surface area contributed by atoms with Crippen LogP contribution in [0, 0.1) is 12.8 Å². The summed E-state index contributed by atoms with van der Waals surface area (Å²) < 4.78 is 0. The smallest absolute Gasteiger partial charge is 0.313 e. The van der Waals surface area contributed by atoms with Crippen LogP contribution in [0.4, 0.5) is 11.5 Å². The number of nitrogens with one attached hydrogen (secondary N) is 1. The van der Waals surface area contributed by atoms with E-state index in [2.05, 4.69) is 22.2 Å². The van der Waals surface area contributed by atoms with E-state index in [1.54, 1.807) is 30.3 Å². The zero-order chi connectivity index (χ0) is 18.7. The first-order chi connectivity index (χ1) is 12.5. The van der Waals surface area contributed by atoms with Crippen molar-refractivity contribution in [1.82, 2.24) is 14.9 Å². The molecule has 2 atom stereocenters. The SMILES string of the molecule is Cc1cc(NC(=O)C(=O)N2C[C@@H](C)CCC2c2cccnc2)cnc1N.